The van der Waals surface area contributed by atoms with Gasteiger partial charge in [0.05, 0.1) is 6.04 Å². The second-order valence-electron chi connectivity index (χ2n) is 8.43. The third kappa shape index (κ3) is 4.50. The molecular weight excluding hydrogens is 413 g/mol. The van der Waals surface area contributed by atoms with Crippen molar-refractivity contribution in [2.75, 3.05) is 0 Å². The van der Waals surface area contributed by atoms with Gasteiger partial charge in [-0.2, -0.15) is 0 Å². The number of benzene rings is 2. The zero-order valence-electron chi connectivity index (χ0n) is 17.0. The van der Waals surface area contributed by atoms with E-state index in [0.717, 1.165) is 11.1 Å². The van der Waals surface area contributed by atoms with Gasteiger partial charge in [-0.1, -0.05) is 60.1 Å². The minimum atomic E-state index is -0.199. The molecule has 0 aliphatic heterocycles. The molecule has 2 nitrogen and oxygen atoms in total. The average molecular weight is 440 g/mol. The predicted molar refractivity (Wildman–Crippen MR) is 125 cm³/mol. The number of hydrogen-bond donors (Lipinski definition) is 0. The van der Waals surface area contributed by atoms with Crippen LogP contribution in [0.25, 0.3) is 0 Å². The Hall–Kier alpha value is -2.03. The molecule has 156 valence electrons. The highest BCUT2D eigenvalue weighted by Crippen LogP contribution is 2.51. The van der Waals surface area contributed by atoms with E-state index in [9.17, 15) is 4.79 Å². The third-order valence-corrected chi connectivity index (χ3v) is 6.79. The van der Waals surface area contributed by atoms with Crippen LogP contribution < -0.4 is 0 Å². The van der Waals surface area contributed by atoms with E-state index >= 15 is 0 Å². The SMILES string of the molecule is C=CC(=O)N(C(C1CC1)C1CC1)C(c1ccc(Cl)cc1)[C@H](C=C)c1cccc(Cl)c1. The van der Waals surface area contributed by atoms with Crippen LogP contribution in [-0.2, 0) is 4.79 Å². The number of rotatable bonds is 9. The van der Waals surface area contributed by atoms with E-state index in [1.807, 2.05) is 48.5 Å². The van der Waals surface area contributed by atoms with Gasteiger partial charge in [-0.15, -0.1) is 6.58 Å². The number of carbonyl (C=O) groups is 1. The lowest BCUT2D eigenvalue weighted by Crippen LogP contribution is -2.46. The summed E-state index contributed by atoms with van der Waals surface area (Å²) in [5.74, 6) is 1.02. The van der Waals surface area contributed by atoms with Crippen LogP contribution in [0.1, 0.15) is 48.8 Å². The molecule has 0 heterocycles. The molecule has 1 amide bonds. The molecule has 0 saturated heterocycles. The van der Waals surface area contributed by atoms with E-state index in [0.29, 0.717) is 21.9 Å². The molecule has 4 heteroatoms. The van der Waals surface area contributed by atoms with Gasteiger partial charge >= 0.3 is 0 Å². The van der Waals surface area contributed by atoms with E-state index in [2.05, 4.69) is 24.1 Å². The summed E-state index contributed by atoms with van der Waals surface area (Å²) < 4.78 is 0. The predicted octanol–water partition coefficient (Wildman–Crippen LogP) is 7.21. The van der Waals surface area contributed by atoms with Gasteiger partial charge in [0.25, 0.3) is 0 Å². The lowest BCUT2D eigenvalue weighted by molar-refractivity contribution is -0.132. The van der Waals surface area contributed by atoms with Crippen LogP contribution in [0, 0.1) is 11.8 Å². The molecule has 4 rings (SSSR count). The topological polar surface area (TPSA) is 20.3 Å². The molecule has 2 aromatic carbocycles. The van der Waals surface area contributed by atoms with Crippen molar-refractivity contribution in [2.24, 2.45) is 11.8 Å². The first kappa shape index (κ1) is 21.2. The van der Waals surface area contributed by atoms with Crippen molar-refractivity contribution in [1.29, 1.82) is 0 Å². The number of nitrogens with zero attached hydrogens (tertiary/aromatic N) is 1. The van der Waals surface area contributed by atoms with Gasteiger partial charge < -0.3 is 4.90 Å². The Morgan fingerprint density at radius 2 is 1.57 bits per heavy atom. The molecule has 2 fully saturated rings. The van der Waals surface area contributed by atoms with Gasteiger partial charge in [-0.25, -0.2) is 0 Å². The first-order valence-electron chi connectivity index (χ1n) is 10.6. The fourth-order valence-electron chi connectivity index (χ4n) is 4.65. The fourth-order valence-corrected chi connectivity index (χ4v) is 4.98. The highest BCUT2D eigenvalue weighted by atomic mass is 35.5. The standard InChI is InChI=1S/C26H27Cl2NO/c1-3-23(20-6-5-7-22(28)16-20)26(19-12-14-21(27)15-13-19)29(24(30)4-2)25(17-8-9-17)18-10-11-18/h3-7,12-18,23,25-26H,1-2,8-11H2/t23-,26?/m1/s1. The number of hydrogen-bond acceptors (Lipinski definition) is 1. The van der Waals surface area contributed by atoms with Gasteiger partial charge in [-0.3, -0.25) is 4.79 Å². The number of amides is 1. The van der Waals surface area contributed by atoms with Gasteiger partial charge in [0.1, 0.15) is 0 Å². The van der Waals surface area contributed by atoms with Gasteiger partial charge in [0.2, 0.25) is 5.91 Å². The van der Waals surface area contributed by atoms with Crippen molar-refractivity contribution >= 4 is 29.1 Å². The number of carbonyl (C=O) groups excluding carboxylic acids is 1. The van der Waals surface area contributed by atoms with E-state index in [1.165, 1.54) is 31.8 Å². The summed E-state index contributed by atoms with van der Waals surface area (Å²) in [5, 5.41) is 1.36. The Kier molecular flexibility index (Phi) is 6.36. The highest BCUT2D eigenvalue weighted by Gasteiger charge is 2.49. The zero-order chi connectivity index (χ0) is 21.3. The monoisotopic (exact) mass is 439 g/mol. The third-order valence-electron chi connectivity index (χ3n) is 6.30. The highest BCUT2D eigenvalue weighted by molar-refractivity contribution is 6.30. The molecule has 2 aliphatic carbocycles. The summed E-state index contributed by atoms with van der Waals surface area (Å²) in [5.41, 5.74) is 2.09. The fraction of sp³-hybridized carbons (Fsp3) is 0.346. The van der Waals surface area contributed by atoms with Crippen LogP contribution in [-0.4, -0.2) is 16.8 Å². The molecule has 0 aromatic heterocycles. The molecule has 30 heavy (non-hydrogen) atoms. The van der Waals surface area contributed by atoms with E-state index in [1.54, 1.807) is 0 Å². The molecule has 0 bridgehead atoms. The van der Waals surface area contributed by atoms with Crippen LogP contribution in [0.4, 0.5) is 0 Å². The lowest BCUT2D eigenvalue weighted by Gasteiger charge is -2.42. The lowest BCUT2D eigenvalue weighted by atomic mass is 9.84. The Morgan fingerprint density at radius 1 is 0.933 bits per heavy atom. The molecule has 0 N–H and O–H groups in total. The van der Waals surface area contributed by atoms with E-state index < -0.39 is 0 Å². The summed E-state index contributed by atoms with van der Waals surface area (Å²) in [7, 11) is 0. The summed E-state index contributed by atoms with van der Waals surface area (Å²) in [6, 6.07) is 15.7. The average Bonchev–Trinajstić information content (AvgIpc) is 3.65. The van der Waals surface area contributed by atoms with Crippen molar-refractivity contribution < 1.29 is 4.79 Å². The molecule has 2 aliphatic rings. The van der Waals surface area contributed by atoms with Gasteiger partial charge in [-0.05, 0) is 79.0 Å². The summed E-state index contributed by atoms with van der Waals surface area (Å²) in [6.45, 7) is 7.97. The quantitative estimate of drug-likeness (QED) is 0.298. The van der Waals surface area contributed by atoms with Gasteiger partial charge in [0, 0.05) is 22.0 Å². The minimum absolute atomic E-state index is 0.0207. The molecule has 1 unspecified atom stereocenters. The maximum atomic E-state index is 13.3. The molecular formula is C26H27Cl2NO. The number of halogens is 2. The van der Waals surface area contributed by atoms with Crippen molar-refractivity contribution in [3.8, 4) is 0 Å². The van der Waals surface area contributed by atoms with Gasteiger partial charge in [0.15, 0.2) is 0 Å². The van der Waals surface area contributed by atoms with E-state index in [4.69, 9.17) is 23.2 Å². The zero-order valence-corrected chi connectivity index (χ0v) is 18.5. The normalized spacial score (nSPS) is 18.0. The van der Waals surface area contributed by atoms with Crippen molar-refractivity contribution in [3.63, 3.8) is 0 Å². The molecule has 2 saturated carbocycles. The van der Waals surface area contributed by atoms with Crippen LogP contribution in [0.2, 0.25) is 10.0 Å². The van der Waals surface area contributed by atoms with Crippen LogP contribution in [0.3, 0.4) is 0 Å². The van der Waals surface area contributed by atoms with Crippen molar-refractivity contribution in [1.82, 2.24) is 4.90 Å². The largest absolute Gasteiger partial charge is 0.328 e. The maximum absolute atomic E-state index is 13.3. The summed E-state index contributed by atoms with van der Waals surface area (Å²) in [4.78, 5) is 15.4. The Labute approximate surface area is 189 Å². The first-order chi connectivity index (χ1) is 14.5. The minimum Gasteiger partial charge on any atom is -0.328 e. The second kappa shape index (κ2) is 8.99. The van der Waals surface area contributed by atoms with Crippen molar-refractivity contribution in [3.05, 3.63) is 95.0 Å². The second-order valence-corrected chi connectivity index (χ2v) is 9.30. The molecule has 0 radical (unpaired) electrons. The Balaban J connectivity index is 1.85. The van der Waals surface area contributed by atoms with Crippen LogP contribution >= 0.6 is 23.2 Å². The van der Waals surface area contributed by atoms with Crippen LogP contribution in [0.15, 0.2) is 73.8 Å². The molecule has 2 atom stereocenters. The smallest absolute Gasteiger partial charge is 0.246 e. The maximum Gasteiger partial charge on any atom is 0.246 e. The summed E-state index contributed by atoms with van der Waals surface area (Å²) >= 11 is 12.5. The van der Waals surface area contributed by atoms with Crippen LogP contribution in [0.5, 0.6) is 0 Å². The summed E-state index contributed by atoms with van der Waals surface area (Å²) in [6.07, 6.45) is 8.14. The molecule has 2 aromatic rings. The Morgan fingerprint density at radius 3 is 2.07 bits per heavy atom. The van der Waals surface area contributed by atoms with Crippen molar-refractivity contribution in [2.45, 2.75) is 43.7 Å². The van der Waals surface area contributed by atoms with E-state index in [-0.39, 0.29) is 23.9 Å². The molecule has 0 spiro atoms. The Bertz CT molecular complexity index is 918. The first-order valence-corrected chi connectivity index (χ1v) is 11.4.